The summed E-state index contributed by atoms with van der Waals surface area (Å²) in [5.74, 6) is 2.87. The van der Waals surface area contributed by atoms with Crippen molar-refractivity contribution in [3.63, 3.8) is 0 Å². The van der Waals surface area contributed by atoms with Gasteiger partial charge in [0.1, 0.15) is 11.7 Å². The van der Waals surface area contributed by atoms with Gasteiger partial charge in [0.15, 0.2) is 0 Å². The topological polar surface area (TPSA) is 87.9 Å². The summed E-state index contributed by atoms with van der Waals surface area (Å²) in [7, 11) is 0. The Kier molecular flexibility index (Phi) is 8.16. The SMILES string of the molecule is CCCCCCN1CCN=C1c1ccc2nc(CCC)n(Cc3ccc(-c4ccccc4-c4nn[nH]n4)cc3)c2c1. The second-order valence-electron chi connectivity index (χ2n) is 10.8. The first-order valence-corrected chi connectivity index (χ1v) is 15.0. The van der Waals surface area contributed by atoms with Gasteiger partial charge in [0, 0.05) is 37.2 Å². The van der Waals surface area contributed by atoms with Crippen LogP contribution in [0.3, 0.4) is 0 Å². The second-order valence-corrected chi connectivity index (χ2v) is 10.8. The fourth-order valence-corrected chi connectivity index (χ4v) is 5.78. The molecule has 0 spiro atoms. The maximum Gasteiger partial charge on any atom is 0.205 e. The molecule has 3 heterocycles. The van der Waals surface area contributed by atoms with Crippen molar-refractivity contribution in [1.82, 2.24) is 35.1 Å². The van der Waals surface area contributed by atoms with Crippen LogP contribution in [0.4, 0.5) is 0 Å². The van der Waals surface area contributed by atoms with Gasteiger partial charge >= 0.3 is 0 Å². The Morgan fingerprint density at radius 1 is 0.854 bits per heavy atom. The predicted molar refractivity (Wildman–Crippen MR) is 165 cm³/mol. The number of nitrogens with one attached hydrogen (secondary N) is 1. The van der Waals surface area contributed by atoms with Gasteiger partial charge in [-0.15, -0.1) is 10.2 Å². The number of hydrogen-bond acceptors (Lipinski definition) is 6. The highest BCUT2D eigenvalue weighted by atomic mass is 15.5. The van der Waals surface area contributed by atoms with Crippen molar-refractivity contribution in [1.29, 1.82) is 0 Å². The molecule has 0 radical (unpaired) electrons. The Balaban J connectivity index is 1.28. The average Bonchev–Trinajstić information content (AvgIpc) is 3.77. The summed E-state index contributed by atoms with van der Waals surface area (Å²) in [4.78, 5) is 12.4. The molecular weight excluding hydrogens is 508 g/mol. The van der Waals surface area contributed by atoms with Gasteiger partial charge in [-0.05, 0) is 52.9 Å². The minimum absolute atomic E-state index is 0.598. The van der Waals surface area contributed by atoms with Crippen LogP contribution in [0.2, 0.25) is 0 Å². The summed E-state index contributed by atoms with van der Waals surface area (Å²) >= 11 is 0. The number of unbranched alkanes of at least 4 members (excludes halogenated alkanes) is 3. The third-order valence-electron chi connectivity index (χ3n) is 7.89. The lowest BCUT2D eigenvalue weighted by Crippen LogP contribution is -2.29. The van der Waals surface area contributed by atoms with E-state index in [0.717, 1.165) is 72.9 Å². The molecule has 0 unspecified atom stereocenters. The van der Waals surface area contributed by atoms with Crippen LogP contribution >= 0.6 is 0 Å². The van der Waals surface area contributed by atoms with Gasteiger partial charge < -0.3 is 9.47 Å². The number of tetrazole rings is 1. The molecule has 0 saturated heterocycles. The fraction of sp³-hybridized carbons (Fsp3) is 0.364. The minimum atomic E-state index is 0.598. The normalized spacial score (nSPS) is 13.3. The Bertz CT molecular complexity index is 1620. The molecule has 210 valence electrons. The molecule has 2 aromatic heterocycles. The maximum absolute atomic E-state index is 5.05. The summed E-state index contributed by atoms with van der Waals surface area (Å²) in [6, 6.07) is 23.7. The van der Waals surface area contributed by atoms with Crippen molar-refractivity contribution in [3.8, 4) is 22.5 Å². The van der Waals surface area contributed by atoms with Crippen LogP contribution in [0.25, 0.3) is 33.5 Å². The summed E-state index contributed by atoms with van der Waals surface area (Å²) in [6.07, 6.45) is 7.08. The number of nitrogens with zero attached hydrogens (tertiary/aromatic N) is 7. The number of H-pyrrole nitrogens is 1. The number of rotatable bonds is 12. The van der Waals surface area contributed by atoms with E-state index < -0.39 is 0 Å². The van der Waals surface area contributed by atoms with Crippen molar-refractivity contribution in [2.24, 2.45) is 4.99 Å². The maximum atomic E-state index is 5.05. The van der Waals surface area contributed by atoms with Gasteiger partial charge in [-0.2, -0.15) is 5.21 Å². The minimum Gasteiger partial charge on any atom is -0.355 e. The van der Waals surface area contributed by atoms with E-state index in [4.69, 9.17) is 9.98 Å². The third kappa shape index (κ3) is 5.78. The first-order valence-electron chi connectivity index (χ1n) is 15.0. The molecule has 0 saturated carbocycles. The second kappa shape index (κ2) is 12.5. The van der Waals surface area contributed by atoms with Crippen molar-refractivity contribution in [2.45, 2.75) is 58.9 Å². The Hall–Kier alpha value is -4.33. The summed E-state index contributed by atoms with van der Waals surface area (Å²) in [5.41, 5.74) is 7.84. The lowest BCUT2D eigenvalue weighted by atomic mass is 9.98. The smallest absolute Gasteiger partial charge is 0.205 e. The molecule has 0 atom stereocenters. The van der Waals surface area contributed by atoms with Crippen molar-refractivity contribution in [2.75, 3.05) is 19.6 Å². The Morgan fingerprint density at radius 3 is 2.46 bits per heavy atom. The number of hydrogen-bond donors (Lipinski definition) is 1. The Labute approximate surface area is 241 Å². The summed E-state index contributed by atoms with van der Waals surface area (Å²) in [6.45, 7) is 8.23. The zero-order valence-electron chi connectivity index (χ0n) is 24.1. The van der Waals surface area contributed by atoms with Gasteiger partial charge in [0.05, 0.1) is 17.6 Å². The number of fused-ring (bicyclic) bond motifs is 1. The number of aromatic nitrogens is 6. The number of imidazole rings is 1. The fourth-order valence-electron chi connectivity index (χ4n) is 5.78. The molecular formula is C33H38N8. The molecule has 1 N–H and O–H groups in total. The quantitative estimate of drug-likeness (QED) is 0.180. The highest BCUT2D eigenvalue weighted by Gasteiger charge is 2.20. The first kappa shape index (κ1) is 26.9. The summed E-state index contributed by atoms with van der Waals surface area (Å²) in [5, 5.41) is 14.7. The number of aliphatic imine (C=N–C) groups is 1. The molecule has 0 bridgehead atoms. The number of aromatic amines is 1. The van der Waals surface area contributed by atoms with Crippen LogP contribution < -0.4 is 0 Å². The van der Waals surface area contributed by atoms with Crippen LogP contribution in [-0.2, 0) is 13.0 Å². The zero-order valence-corrected chi connectivity index (χ0v) is 24.1. The highest BCUT2D eigenvalue weighted by molar-refractivity contribution is 6.02. The van der Waals surface area contributed by atoms with E-state index in [2.05, 4.69) is 92.5 Å². The van der Waals surface area contributed by atoms with Gasteiger partial charge in [-0.3, -0.25) is 4.99 Å². The van der Waals surface area contributed by atoms with Crippen molar-refractivity contribution >= 4 is 16.9 Å². The third-order valence-corrected chi connectivity index (χ3v) is 7.89. The zero-order chi connectivity index (χ0) is 28.0. The highest BCUT2D eigenvalue weighted by Crippen LogP contribution is 2.30. The number of amidine groups is 1. The molecule has 6 rings (SSSR count). The predicted octanol–water partition coefficient (Wildman–Crippen LogP) is 6.53. The van der Waals surface area contributed by atoms with E-state index >= 15 is 0 Å². The van der Waals surface area contributed by atoms with Gasteiger partial charge in [-0.1, -0.05) is 81.6 Å². The molecule has 3 aromatic carbocycles. The molecule has 8 heteroatoms. The van der Waals surface area contributed by atoms with Crippen LogP contribution in [0.15, 0.2) is 71.7 Å². The van der Waals surface area contributed by atoms with E-state index in [1.54, 1.807) is 0 Å². The van der Waals surface area contributed by atoms with Crippen molar-refractivity contribution in [3.05, 3.63) is 83.7 Å². The largest absolute Gasteiger partial charge is 0.355 e. The molecule has 8 nitrogen and oxygen atoms in total. The molecule has 1 aliphatic rings. The number of aryl methyl sites for hydroxylation is 1. The summed E-state index contributed by atoms with van der Waals surface area (Å²) < 4.78 is 2.39. The van der Waals surface area contributed by atoms with E-state index in [1.165, 1.54) is 42.3 Å². The monoisotopic (exact) mass is 546 g/mol. The molecule has 0 amide bonds. The van der Waals surface area contributed by atoms with Crippen LogP contribution in [0.5, 0.6) is 0 Å². The van der Waals surface area contributed by atoms with Crippen molar-refractivity contribution < 1.29 is 0 Å². The lowest BCUT2D eigenvalue weighted by molar-refractivity contribution is 0.434. The average molecular weight is 547 g/mol. The van der Waals surface area contributed by atoms with Crippen LogP contribution in [-0.4, -0.2) is 60.5 Å². The molecule has 1 aliphatic heterocycles. The molecule has 41 heavy (non-hydrogen) atoms. The van der Waals surface area contributed by atoms with Gasteiger partial charge in [0.25, 0.3) is 0 Å². The van der Waals surface area contributed by atoms with E-state index in [9.17, 15) is 0 Å². The standard InChI is InChI=1S/C33H38N8/c1-3-5-6-9-20-40-21-19-34-33(40)26-17-18-29-30(22-26)41(31(35-29)10-4-2)23-24-13-15-25(16-14-24)27-11-7-8-12-28(27)32-36-38-39-37-32/h7-8,11-18,22H,3-6,9-10,19-21,23H2,1-2H3,(H,36,37,38,39). The molecule has 0 aliphatic carbocycles. The Morgan fingerprint density at radius 2 is 1.68 bits per heavy atom. The van der Waals surface area contributed by atoms with Gasteiger partial charge in [-0.25, -0.2) is 4.98 Å². The molecule has 0 fully saturated rings. The lowest BCUT2D eigenvalue weighted by Gasteiger charge is -2.20. The van der Waals surface area contributed by atoms with E-state index in [1.807, 2.05) is 18.2 Å². The first-order chi connectivity index (χ1) is 20.2. The van der Waals surface area contributed by atoms with Crippen LogP contribution in [0.1, 0.15) is 62.9 Å². The van der Waals surface area contributed by atoms with Gasteiger partial charge in [0.2, 0.25) is 5.82 Å². The number of benzene rings is 3. The van der Waals surface area contributed by atoms with Crippen LogP contribution in [0, 0.1) is 0 Å². The molecule has 5 aromatic rings. The van der Waals surface area contributed by atoms with E-state index in [0.29, 0.717) is 5.82 Å². The van der Waals surface area contributed by atoms with E-state index in [-0.39, 0.29) is 0 Å².